The molecule has 0 amide bonds. The van der Waals surface area contributed by atoms with Crippen molar-refractivity contribution in [3.8, 4) is 11.6 Å². The van der Waals surface area contributed by atoms with Gasteiger partial charge in [-0.15, -0.1) is 15.3 Å². The van der Waals surface area contributed by atoms with Crippen LogP contribution in [-0.4, -0.2) is 21.6 Å². The van der Waals surface area contributed by atoms with Crippen LogP contribution in [-0.2, 0) is 5.75 Å². The topological polar surface area (TPSA) is 85.8 Å². The Morgan fingerprint density at radius 1 is 1.04 bits per heavy atom. The number of amidine groups is 1. The molecule has 2 N–H and O–H groups in total. The van der Waals surface area contributed by atoms with E-state index in [0.29, 0.717) is 22.0 Å². The van der Waals surface area contributed by atoms with Crippen molar-refractivity contribution in [3.63, 3.8) is 0 Å². The molecule has 27 heavy (non-hydrogen) atoms. The van der Waals surface area contributed by atoms with Crippen molar-refractivity contribution >= 4 is 34.7 Å². The van der Waals surface area contributed by atoms with Crippen molar-refractivity contribution in [2.45, 2.75) is 5.75 Å². The number of aromatic nitrogens is 2. The number of rotatable bonds is 6. The minimum absolute atomic E-state index is 0.315. The number of thioether (sulfide) groups is 1. The van der Waals surface area contributed by atoms with Crippen LogP contribution < -0.4 is 10.5 Å². The highest BCUT2D eigenvalue weighted by atomic mass is 35.5. The Morgan fingerprint density at radius 3 is 2.52 bits per heavy atom. The zero-order valence-electron chi connectivity index (χ0n) is 14.2. The molecule has 1 heterocycles. The molecular weight excluding hydrogens is 382 g/mol. The van der Waals surface area contributed by atoms with E-state index in [-0.39, 0.29) is 0 Å². The van der Waals surface area contributed by atoms with Crippen LogP contribution in [0.2, 0.25) is 5.15 Å². The molecule has 2 aromatic carbocycles. The van der Waals surface area contributed by atoms with Gasteiger partial charge in [-0.25, -0.2) is 0 Å². The van der Waals surface area contributed by atoms with Crippen molar-refractivity contribution in [2.75, 3.05) is 0 Å². The summed E-state index contributed by atoms with van der Waals surface area (Å²) in [5, 5.41) is 16.3. The van der Waals surface area contributed by atoms with E-state index < -0.39 is 0 Å². The Kier molecular flexibility index (Phi) is 6.78. The van der Waals surface area contributed by atoms with Crippen LogP contribution >= 0.6 is 23.4 Å². The van der Waals surface area contributed by atoms with Gasteiger partial charge in [-0.3, -0.25) is 0 Å². The first-order valence-electron chi connectivity index (χ1n) is 7.99. The molecule has 0 atom stereocenters. The monoisotopic (exact) mass is 397 g/mol. The predicted molar refractivity (Wildman–Crippen MR) is 111 cm³/mol. The molecule has 0 aliphatic rings. The maximum absolute atomic E-state index is 5.86. The lowest BCUT2D eigenvalue weighted by atomic mass is 10.2. The Labute approximate surface area is 166 Å². The second-order valence-electron chi connectivity index (χ2n) is 5.32. The van der Waals surface area contributed by atoms with Crippen molar-refractivity contribution in [2.24, 2.45) is 15.9 Å². The molecule has 0 unspecified atom stereocenters. The number of hydrogen-bond donors (Lipinski definition) is 1. The van der Waals surface area contributed by atoms with E-state index >= 15 is 0 Å². The molecule has 1 aromatic heterocycles. The molecule has 0 saturated carbocycles. The van der Waals surface area contributed by atoms with Crippen molar-refractivity contribution < 1.29 is 4.74 Å². The summed E-state index contributed by atoms with van der Waals surface area (Å²) in [6.45, 7) is 0. The fraction of sp³-hybridized carbons (Fsp3) is 0.0526. The van der Waals surface area contributed by atoms with E-state index in [4.69, 9.17) is 22.1 Å². The summed E-state index contributed by atoms with van der Waals surface area (Å²) in [4.78, 5) is 0. The molecule has 0 spiro atoms. The summed E-state index contributed by atoms with van der Waals surface area (Å²) in [5.41, 5.74) is 7.92. The maximum Gasteiger partial charge on any atom is 0.238 e. The van der Waals surface area contributed by atoms with E-state index in [2.05, 4.69) is 20.4 Å². The smallest absolute Gasteiger partial charge is 0.238 e. The predicted octanol–water partition coefficient (Wildman–Crippen LogP) is 4.50. The number of hydrogen-bond acceptors (Lipinski definition) is 6. The largest absolute Gasteiger partial charge is 0.438 e. The summed E-state index contributed by atoms with van der Waals surface area (Å²) >= 11 is 7.13. The quantitative estimate of drug-likeness (QED) is 0.376. The fourth-order valence-electron chi connectivity index (χ4n) is 2.01. The SMILES string of the molecule is NC(=NN=Cc1ccc(Oc2ccc(Cl)nn2)cc1)SCc1ccccc1. The van der Waals surface area contributed by atoms with Crippen LogP contribution in [0.25, 0.3) is 0 Å². The lowest BCUT2D eigenvalue weighted by molar-refractivity contribution is 0.455. The molecule has 136 valence electrons. The van der Waals surface area contributed by atoms with Gasteiger partial charge in [-0.2, -0.15) is 5.10 Å². The van der Waals surface area contributed by atoms with Gasteiger partial charge in [0, 0.05) is 11.8 Å². The van der Waals surface area contributed by atoms with Crippen LogP contribution in [0.1, 0.15) is 11.1 Å². The molecule has 0 aliphatic heterocycles. The Morgan fingerprint density at radius 2 is 1.81 bits per heavy atom. The fourth-order valence-corrected chi connectivity index (χ4v) is 2.73. The van der Waals surface area contributed by atoms with Gasteiger partial charge in [0.05, 0.1) is 6.21 Å². The Hall–Kier alpha value is -2.90. The highest BCUT2D eigenvalue weighted by molar-refractivity contribution is 8.13. The minimum atomic E-state index is 0.315. The first-order valence-corrected chi connectivity index (χ1v) is 9.36. The molecule has 0 bridgehead atoms. The molecule has 3 rings (SSSR count). The molecular formula is C19H16ClN5OS. The first kappa shape index (κ1) is 18.9. The standard InChI is InChI=1S/C19H16ClN5OS/c20-17-10-11-18(24-23-17)26-16-8-6-14(7-9-16)12-22-25-19(21)27-13-15-4-2-1-3-5-15/h1-12H,13H2,(H2,21,25). The van der Waals surface area contributed by atoms with E-state index in [0.717, 1.165) is 11.3 Å². The summed E-state index contributed by atoms with van der Waals surface area (Å²) in [7, 11) is 0. The lowest BCUT2D eigenvalue weighted by Gasteiger charge is -2.03. The minimum Gasteiger partial charge on any atom is -0.438 e. The highest BCUT2D eigenvalue weighted by Crippen LogP contribution is 2.19. The average molecular weight is 398 g/mol. The van der Waals surface area contributed by atoms with Gasteiger partial charge >= 0.3 is 0 Å². The molecule has 0 saturated heterocycles. The number of nitrogens with zero attached hydrogens (tertiary/aromatic N) is 4. The summed E-state index contributed by atoms with van der Waals surface area (Å²) in [5.74, 6) is 1.75. The molecule has 0 aliphatic carbocycles. The van der Waals surface area contributed by atoms with E-state index in [1.165, 1.54) is 17.3 Å². The Balaban J connectivity index is 1.51. The van der Waals surface area contributed by atoms with E-state index in [1.807, 2.05) is 42.5 Å². The van der Waals surface area contributed by atoms with Crippen LogP contribution in [0.3, 0.4) is 0 Å². The summed E-state index contributed by atoms with van der Waals surface area (Å²) < 4.78 is 5.58. The molecule has 6 nitrogen and oxygen atoms in total. The molecule has 8 heteroatoms. The van der Waals surface area contributed by atoms with Gasteiger partial charge in [-0.1, -0.05) is 53.7 Å². The zero-order valence-corrected chi connectivity index (χ0v) is 15.8. The number of benzene rings is 2. The number of ether oxygens (including phenoxy) is 1. The highest BCUT2D eigenvalue weighted by Gasteiger charge is 2.00. The number of halogens is 1. The van der Waals surface area contributed by atoms with Gasteiger partial charge < -0.3 is 10.5 Å². The van der Waals surface area contributed by atoms with Crippen LogP contribution in [0.4, 0.5) is 0 Å². The van der Waals surface area contributed by atoms with Crippen molar-refractivity contribution in [3.05, 3.63) is 83.0 Å². The van der Waals surface area contributed by atoms with Crippen molar-refractivity contribution in [1.29, 1.82) is 0 Å². The third kappa shape index (κ3) is 6.40. The van der Waals surface area contributed by atoms with E-state index in [9.17, 15) is 0 Å². The van der Waals surface area contributed by atoms with Crippen LogP contribution in [0, 0.1) is 0 Å². The van der Waals surface area contributed by atoms with Crippen molar-refractivity contribution in [1.82, 2.24) is 10.2 Å². The first-order chi connectivity index (χ1) is 13.2. The number of nitrogens with two attached hydrogens (primary N) is 1. The second kappa shape index (κ2) is 9.70. The third-order valence-corrected chi connectivity index (χ3v) is 4.36. The van der Waals surface area contributed by atoms with E-state index in [1.54, 1.807) is 30.5 Å². The molecule has 3 aromatic rings. The average Bonchev–Trinajstić information content (AvgIpc) is 2.70. The van der Waals surface area contributed by atoms with Gasteiger partial charge in [0.2, 0.25) is 5.88 Å². The molecule has 0 radical (unpaired) electrons. The maximum atomic E-state index is 5.86. The third-order valence-electron chi connectivity index (χ3n) is 3.30. The van der Waals surface area contributed by atoms with Gasteiger partial charge in [0.15, 0.2) is 10.3 Å². The molecule has 0 fully saturated rings. The Bertz CT molecular complexity index is 915. The van der Waals surface area contributed by atoms with Gasteiger partial charge in [0.1, 0.15) is 5.75 Å². The normalized spacial score (nSPS) is 11.7. The second-order valence-corrected chi connectivity index (χ2v) is 6.71. The van der Waals surface area contributed by atoms with Gasteiger partial charge in [-0.05, 0) is 41.5 Å². The summed E-state index contributed by atoms with van der Waals surface area (Å²) in [6.07, 6.45) is 1.63. The van der Waals surface area contributed by atoms with Crippen LogP contribution in [0.15, 0.2) is 76.9 Å². The summed E-state index contributed by atoms with van der Waals surface area (Å²) in [6, 6.07) is 20.6. The lowest BCUT2D eigenvalue weighted by Crippen LogP contribution is -2.05. The van der Waals surface area contributed by atoms with Gasteiger partial charge in [0.25, 0.3) is 0 Å². The zero-order chi connectivity index (χ0) is 18.9. The van der Waals surface area contributed by atoms with Crippen LogP contribution in [0.5, 0.6) is 11.6 Å².